The smallest absolute Gasteiger partial charge is 0.269 e. The first-order chi connectivity index (χ1) is 17.7. The second-order valence-electron chi connectivity index (χ2n) is 9.86. The molecule has 0 unspecified atom stereocenters. The minimum absolute atomic E-state index is 0.0727. The molecule has 6 nitrogen and oxygen atoms in total. The number of nitriles is 1. The van der Waals surface area contributed by atoms with Crippen LogP contribution in [0.5, 0.6) is 0 Å². The number of thioether (sulfide) groups is 2. The predicted molar refractivity (Wildman–Crippen MR) is 154 cm³/mol. The van der Waals surface area contributed by atoms with Gasteiger partial charge in [-0.25, -0.2) is 4.99 Å². The average Bonchev–Trinajstić information content (AvgIpc) is 3.36. The number of benzene rings is 3. The zero-order chi connectivity index (χ0) is 26.2. The van der Waals surface area contributed by atoms with Crippen molar-refractivity contribution in [3.63, 3.8) is 0 Å². The Morgan fingerprint density at radius 3 is 2.43 bits per heavy atom. The first-order valence-corrected chi connectivity index (χ1v) is 13.6. The molecular formula is C29H27N5OS2. The molecule has 1 N–H and O–H groups in total. The summed E-state index contributed by atoms with van der Waals surface area (Å²) < 4.78 is 0. The lowest BCUT2D eigenvalue weighted by Crippen LogP contribution is -2.29. The fourth-order valence-corrected chi connectivity index (χ4v) is 6.47. The Balaban J connectivity index is 1.60. The summed E-state index contributed by atoms with van der Waals surface area (Å²) in [4.78, 5) is 24.5. The van der Waals surface area contributed by atoms with Crippen LogP contribution in [0.25, 0.3) is 0 Å². The third-order valence-corrected chi connectivity index (χ3v) is 8.26. The second kappa shape index (κ2) is 10.0. The Morgan fingerprint density at radius 2 is 1.73 bits per heavy atom. The molecule has 8 heteroatoms. The largest absolute Gasteiger partial charge is 0.379 e. The average molecular weight is 526 g/mol. The van der Waals surface area contributed by atoms with Crippen molar-refractivity contribution in [2.24, 2.45) is 4.99 Å². The summed E-state index contributed by atoms with van der Waals surface area (Å²) in [6.07, 6.45) is 0. The van der Waals surface area contributed by atoms with Gasteiger partial charge in [0, 0.05) is 17.5 Å². The molecule has 0 atom stereocenters. The number of hydrogen-bond donors (Lipinski definition) is 1. The maximum Gasteiger partial charge on any atom is 0.269 e. The quantitative estimate of drug-likeness (QED) is 0.372. The number of amides is 1. The molecule has 2 aliphatic rings. The van der Waals surface area contributed by atoms with Crippen molar-refractivity contribution in [1.82, 2.24) is 4.90 Å². The fourth-order valence-electron chi connectivity index (χ4n) is 4.13. The molecule has 0 spiro atoms. The van der Waals surface area contributed by atoms with Gasteiger partial charge >= 0.3 is 0 Å². The van der Waals surface area contributed by atoms with Crippen LogP contribution in [0.15, 0.2) is 92.6 Å². The first kappa shape index (κ1) is 25.0. The Hall–Kier alpha value is -3.67. The van der Waals surface area contributed by atoms with Crippen molar-refractivity contribution in [2.45, 2.75) is 37.8 Å². The number of rotatable bonds is 4. The predicted octanol–water partition coefficient (Wildman–Crippen LogP) is 6.94. The van der Waals surface area contributed by atoms with Gasteiger partial charge in [-0.1, -0.05) is 54.2 Å². The van der Waals surface area contributed by atoms with E-state index in [1.54, 1.807) is 28.8 Å². The molecule has 0 aromatic heterocycles. The van der Waals surface area contributed by atoms with Crippen LogP contribution in [0, 0.1) is 11.3 Å². The second-order valence-corrected chi connectivity index (χ2v) is 11.9. The Kier molecular flexibility index (Phi) is 6.76. The van der Waals surface area contributed by atoms with Crippen LogP contribution in [-0.2, 0) is 11.3 Å². The van der Waals surface area contributed by atoms with Gasteiger partial charge in [-0.2, -0.15) is 5.26 Å². The van der Waals surface area contributed by atoms with Crippen molar-refractivity contribution in [1.29, 1.82) is 5.26 Å². The molecule has 0 saturated carbocycles. The molecule has 2 aliphatic heterocycles. The van der Waals surface area contributed by atoms with E-state index in [0.717, 1.165) is 26.9 Å². The Labute approximate surface area is 226 Å². The lowest BCUT2D eigenvalue weighted by Gasteiger charge is -2.23. The number of carbonyl (C=O) groups is 1. The van der Waals surface area contributed by atoms with Gasteiger partial charge in [0.2, 0.25) is 0 Å². The highest BCUT2D eigenvalue weighted by Gasteiger charge is 2.39. The van der Waals surface area contributed by atoms with E-state index in [0.29, 0.717) is 27.9 Å². The van der Waals surface area contributed by atoms with Crippen LogP contribution in [0.4, 0.5) is 17.1 Å². The Bertz CT molecular complexity index is 1470. The molecule has 37 heavy (non-hydrogen) atoms. The van der Waals surface area contributed by atoms with Crippen LogP contribution in [0.2, 0.25) is 0 Å². The number of hydrogen-bond acceptors (Lipinski definition) is 7. The number of para-hydroxylation sites is 1. The van der Waals surface area contributed by atoms with Gasteiger partial charge in [-0.15, -0.1) is 0 Å². The van der Waals surface area contributed by atoms with Gasteiger partial charge in [0.05, 0.1) is 40.3 Å². The summed E-state index contributed by atoms with van der Waals surface area (Å²) in [6, 6.07) is 25.7. The summed E-state index contributed by atoms with van der Waals surface area (Å²) in [7, 11) is 1.99. The number of aliphatic imine (C=N–C) groups is 1. The molecule has 0 aliphatic carbocycles. The van der Waals surface area contributed by atoms with Crippen molar-refractivity contribution in [3.8, 4) is 6.07 Å². The third-order valence-electron chi connectivity index (χ3n) is 5.83. The van der Waals surface area contributed by atoms with Crippen LogP contribution in [-0.4, -0.2) is 28.6 Å². The first-order valence-electron chi connectivity index (χ1n) is 11.9. The molecule has 3 aromatic rings. The van der Waals surface area contributed by atoms with E-state index in [9.17, 15) is 10.1 Å². The van der Waals surface area contributed by atoms with Crippen molar-refractivity contribution >= 4 is 51.7 Å². The molecule has 2 heterocycles. The molecule has 5 rings (SSSR count). The fraction of sp³-hybridized carbons (Fsp3) is 0.207. The van der Waals surface area contributed by atoms with Crippen LogP contribution >= 0.6 is 23.5 Å². The molecule has 0 bridgehead atoms. The van der Waals surface area contributed by atoms with Gasteiger partial charge in [0.15, 0.2) is 5.17 Å². The van der Waals surface area contributed by atoms with E-state index in [-0.39, 0.29) is 11.4 Å². The van der Waals surface area contributed by atoms with E-state index < -0.39 is 0 Å². The highest BCUT2D eigenvalue weighted by Crippen LogP contribution is 2.50. The maximum absolute atomic E-state index is 13.9. The van der Waals surface area contributed by atoms with E-state index in [2.05, 4.69) is 49.2 Å². The molecule has 3 aromatic carbocycles. The van der Waals surface area contributed by atoms with E-state index in [1.165, 1.54) is 11.8 Å². The van der Waals surface area contributed by atoms with Crippen LogP contribution in [0.3, 0.4) is 0 Å². The minimum atomic E-state index is -0.201. The van der Waals surface area contributed by atoms with Crippen LogP contribution in [0.1, 0.15) is 31.9 Å². The van der Waals surface area contributed by atoms with Gasteiger partial charge in [-0.3, -0.25) is 9.69 Å². The SMILES string of the molecule is CN1C(=C2SC(=Nc3cc(C#N)ccc3NC(C)(C)C)N(Cc3ccccc3)C2=O)Sc2ccccc21. The Morgan fingerprint density at radius 1 is 1.00 bits per heavy atom. The zero-order valence-electron chi connectivity index (χ0n) is 21.1. The van der Waals surface area contributed by atoms with Crippen LogP contribution < -0.4 is 10.2 Å². The summed E-state index contributed by atoms with van der Waals surface area (Å²) >= 11 is 2.99. The standard InChI is InChI=1S/C29H27N5OS2/c1-29(2,3)32-21-15-14-20(17-30)16-22(21)31-28-34(18-19-10-6-5-7-11-19)26(35)25(37-28)27-33(4)23-12-8-9-13-24(23)36-27/h5-16,32H,18H2,1-4H3. The van der Waals surface area contributed by atoms with Gasteiger partial charge in [-0.05, 0) is 68.4 Å². The monoisotopic (exact) mass is 525 g/mol. The maximum atomic E-state index is 13.9. The number of fused-ring (bicyclic) bond motifs is 1. The summed E-state index contributed by atoms with van der Waals surface area (Å²) in [5.74, 6) is -0.0727. The van der Waals surface area contributed by atoms with Gasteiger partial charge < -0.3 is 10.2 Å². The lowest BCUT2D eigenvalue weighted by atomic mass is 10.1. The topological polar surface area (TPSA) is 71.7 Å². The van der Waals surface area contributed by atoms with E-state index in [4.69, 9.17) is 4.99 Å². The lowest BCUT2D eigenvalue weighted by molar-refractivity contribution is -0.122. The van der Waals surface area contributed by atoms with Gasteiger partial charge in [0.1, 0.15) is 4.91 Å². The van der Waals surface area contributed by atoms with Crippen molar-refractivity contribution in [3.05, 3.63) is 93.9 Å². The summed E-state index contributed by atoms with van der Waals surface area (Å²) in [5.41, 5.74) is 3.86. The molecule has 186 valence electrons. The summed E-state index contributed by atoms with van der Waals surface area (Å²) in [6.45, 7) is 6.63. The minimum Gasteiger partial charge on any atom is -0.379 e. The third kappa shape index (κ3) is 5.24. The molecular weight excluding hydrogens is 498 g/mol. The van der Waals surface area contributed by atoms with E-state index in [1.807, 2.05) is 55.6 Å². The number of carbonyl (C=O) groups excluding carboxylic acids is 1. The number of amidine groups is 1. The van der Waals surface area contributed by atoms with Crippen molar-refractivity contribution < 1.29 is 4.79 Å². The number of anilines is 2. The number of nitrogens with zero attached hydrogens (tertiary/aromatic N) is 4. The normalized spacial score (nSPS) is 18.4. The highest BCUT2D eigenvalue weighted by molar-refractivity contribution is 8.19. The van der Waals surface area contributed by atoms with Gasteiger partial charge in [0.25, 0.3) is 5.91 Å². The molecule has 0 radical (unpaired) electrons. The van der Waals surface area contributed by atoms with Crippen molar-refractivity contribution in [2.75, 3.05) is 17.3 Å². The molecule has 1 saturated heterocycles. The zero-order valence-corrected chi connectivity index (χ0v) is 22.8. The number of nitrogens with one attached hydrogen (secondary N) is 1. The van der Waals surface area contributed by atoms with E-state index >= 15 is 0 Å². The molecule has 1 amide bonds. The summed E-state index contributed by atoms with van der Waals surface area (Å²) in [5, 5.41) is 14.5. The molecule has 1 fully saturated rings. The highest BCUT2D eigenvalue weighted by atomic mass is 32.2.